The number of ether oxygens (including phenoxy) is 1. The first-order valence-corrected chi connectivity index (χ1v) is 9.10. The summed E-state index contributed by atoms with van der Waals surface area (Å²) in [5.74, 6) is 1.77. The SMILES string of the molecule is CCOc1ccnc(N2CCCN(C(=O)[C@H](C(C)C)N(C)C)CC2)n1. The second-order valence-corrected chi connectivity index (χ2v) is 6.95. The highest BCUT2D eigenvalue weighted by Gasteiger charge is 2.30. The molecule has 1 amide bonds. The maximum Gasteiger partial charge on any atom is 0.240 e. The van der Waals surface area contributed by atoms with Crippen molar-refractivity contribution in [2.45, 2.75) is 33.2 Å². The Morgan fingerprint density at radius 3 is 2.68 bits per heavy atom. The largest absolute Gasteiger partial charge is 0.478 e. The van der Waals surface area contributed by atoms with E-state index in [1.165, 1.54) is 0 Å². The van der Waals surface area contributed by atoms with Gasteiger partial charge < -0.3 is 14.5 Å². The van der Waals surface area contributed by atoms with Crippen LogP contribution in [0.2, 0.25) is 0 Å². The fourth-order valence-electron chi connectivity index (χ4n) is 3.34. The summed E-state index contributed by atoms with van der Waals surface area (Å²) in [5.41, 5.74) is 0. The lowest BCUT2D eigenvalue weighted by atomic mass is 10.0. The van der Waals surface area contributed by atoms with Gasteiger partial charge in [-0.15, -0.1) is 0 Å². The van der Waals surface area contributed by atoms with Crippen molar-refractivity contribution in [3.05, 3.63) is 12.3 Å². The summed E-state index contributed by atoms with van der Waals surface area (Å²) in [6, 6.07) is 1.69. The predicted molar refractivity (Wildman–Crippen MR) is 98.9 cm³/mol. The lowest BCUT2D eigenvalue weighted by molar-refractivity contribution is -0.137. The van der Waals surface area contributed by atoms with Gasteiger partial charge in [-0.2, -0.15) is 4.98 Å². The van der Waals surface area contributed by atoms with E-state index in [9.17, 15) is 4.79 Å². The molecule has 0 spiro atoms. The topological polar surface area (TPSA) is 61.8 Å². The van der Waals surface area contributed by atoms with E-state index < -0.39 is 0 Å². The molecule has 1 aliphatic heterocycles. The van der Waals surface area contributed by atoms with Crippen LogP contribution in [0.4, 0.5) is 5.95 Å². The number of likely N-dealkylation sites (N-methyl/N-ethyl adjacent to an activating group) is 1. The van der Waals surface area contributed by atoms with E-state index in [1.807, 2.05) is 30.8 Å². The molecule has 0 aromatic carbocycles. The Morgan fingerprint density at radius 1 is 1.28 bits per heavy atom. The van der Waals surface area contributed by atoms with Crippen molar-refractivity contribution >= 4 is 11.9 Å². The van der Waals surface area contributed by atoms with Crippen molar-refractivity contribution in [3.63, 3.8) is 0 Å². The van der Waals surface area contributed by atoms with Crippen LogP contribution < -0.4 is 9.64 Å². The molecule has 0 aliphatic carbocycles. The van der Waals surface area contributed by atoms with E-state index in [-0.39, 0.29) is 17.9 Å². The zero-order valence-corrected chi connectivity index (χ0v) is 16.1. The number of hydrogen-bond acceptors (Lipinski definition) is 6. The van der Waals surface area contributed by atoms with Crippen LogP contribution in [0.25, 0.3) is 0 Å². The average Bonchev–Trinajstić information content (AvgIpc) is 2.81. The molecule has 0 radical (unpaired) electrons. The van der Waals surface area contributed by atoms with Crippen LogP contribution in [-0.4, -0.2) is 78.6 Å². The standard InChI is InChI=1S/C18H31N5O2/c1-6-25-15-8-9-19-18(20-15)23-11-7-10-22(12-13-23)17(24)16(14(2)3)21(4)5/h8-9,14,16H,6-7,10-13H2,1-5H3/t16-/m0/s1. The maximum absolute atomic E-state index is 12.9. The molecule has 1 atom stereocenters. The number of rotatable bonds is 6. The number of hydrogen-bond donors (Lipinski definition) is 0. The van der Waals surface area contributed by atoms with E-state index in [4.69, 9.17) is 4.74 Å². The summed E-state index contributed by atoms with van der Waals surface area (Å²) in [5, 5.41) is 0. The molecule has 0 unspecified atom stereocenters. The summed E-state index contributed by atoms with van der Waals surface area (Å²) < 4.78 is 5.46. The Labute approximate surface area is 151 Å². The zero-order valence-electron chi connectivity index (χ0n) is 16.1. The molecule has 2 rings (SSSR count). The Kier molecular flexibility index (Phi) is 6.99. The third-order valence-electron chi connectivity index (χ3n) is 4.44. The number of anilines is 1. The fraction of sp³-hybridized carbons (Fsp3) is 0.722. The first-order valence-electron chi connectivity index (χ1n) is 9.10. The monoisotopic (exact) mass is 349 g/mol. The average molecular weight is 349 g/mol. The van der Waals surface area contributed by atoms with Gasteiger partial charge in [-0.1, -0.05) is 13.8 Å². The summed E-state index contributed by atoms with van der Waals surface area (Å²) in [7, 11) is 3.94. The van der Waals surface area contributed by atoms with Crippen LogP contribution in [0.1, 0.15) is 27.2 Å². The van der Waals surface area contributed by atoms with Crippen molar-refractivity contribution in [3.8, 4) is 5.88 Å². The molecule has 1 aromatic rings. The van der Waals surface area contributed by atoms with Crippen LogP contribution in [0, 0.1) is 5.92 Å². The maximum atomic E-state index is 12.9. The second kappa shape index (κ2) is 8.99. The number of aromatic nitrogens is 2. The third kappa shape index (κ3) is 5.04. The van der Waals surface area contributed by atoms with Gasteiger partial charge in [0.25, 0.3) is 0 Å². The second-order valence-electron chi connectivity index (χ2n) is 6.95. The Morgan fingerprint density at radius 2 is 2.04 bits per heavy atom. The molecular weight excluding hydrogens is 318 g/mol. The Hall–Kier alpha value is -1.89. The molecule has 7 heteroatoms. The Bertz CT molecular complexity index is 556. The van der Waals surface area contributed by atoms with Gasteiger partial charge in [-0.3, -0.25) is 9.69 Å². The smallest absolute Gasteiger partial charge is 0.240 e. The molecule has 25 heavy (non-hydrogen) atoms. The molecule has 1 aromatic heterocycles. The van der Waals surface area contributed by atoms with Gasteiger partial charge in [-0.05, 0) is 33.4 Å². The summed E-state index contributed by atoms with van der Waals surface area (Å²) in [6.45, 7) is 9.76. The minimum absolute atomic E-state index is 0.0796. The zero-order chi connectivity index (χ0) is 18.4. The van der Waals surface area contributed by atoms with E-state index in [0.717, 1.165) is 26.1 Å². The lowest BCUT2D eigenvalue weighted by Gasteiger charge is -2.32. The predicted octanol–water partition coefficient (Wildman–Crippen LogP) is 1.50. The molecule has 0 saturated carbocycles. The quantitative estimate of drug-likeness (QED) is 0.776. The van der Waals surface area contributed by atoms with Gasteiger partial charge >= 0.3 is 0 Å². The van der Waals surface area contributed by atoms with Gasteiger partial charge in [0.15, 0.2) is 0 Å². The van der Waals surface area contributed by atoms with Crippen LogP contribution in [0.3, 0.4) is 0 Å². The highest BCUT2D eigenvalue weighted by Crippen LogP contribution is 2.17. The van der Waals surface area contributed by atoms with Crippen LogP contribution in [0.15, 0.2) is 12.3 Å². The summed E-state index contributed by atoms with van der Waals surface area (Å²) in [6.07, 6.45) is 2.63. The highest BCUT2D eigenvalue weighted by atomic mass is 16.5. The lowest BCUT2D eigenvalue weighted by Crippen LogP contribution is -2.49. The highest BCUT2D eigenvalue weighted by molar-refractivity contribution is 5.82. The van der Waals surface area contributed by atoms with Crippen molar-refractivity contribution in [1.82, 2.24) is 19.8 Å². The first kappa shape index (κ1) is 19.4. The van der Waals surface area contributed by atoms with E-state index in [1.54, 1.807) is 12.3 Å². The van der Waals surface area contributed by atoms with Gasteiger partial charge in [0.05, 0.1) is 12.6 Å². The number of amides is 1. The molecule has 0 N–H and O–H groups in total. The molecule has 2 heterocycles. The molecule has 1 saturated heterocycles. The number of carbonyl (C=O) groups is 1. The van der Waals surface area contributed by atoms with Crippen LogP contribution >= 0.6 is 0 Å². The van der Waals surface area contributed by atoms with Gasteiger partial charge in [0, 0.05) is 38.4 Å². The van der Waals surface area contributed by atoms with Gasteiger partial charge in [0.2, 0.25) is 17.7 Å². The van der Waals surface area contributed by atoms with Crippen molar-refractivity contribution < 1.29 is 9.53 Å². The van der Waals surface area contributed by atoms with E-state index in [2.05, 4.69) is 28.7 Å². The van der Waals surface area contributed by atoms with Crippen LogP contribution in [-0.2, 0) is 4.79 Å². The molecule has 7 nitrogen and oxygen atoms in total. The fourth-order valence-corrected chi connectivity index (χ4v) is 3.34. The number of carbonyl (C=O) groups excluding carboxylic acids is 1. The molecule has 140 valence electrons. The van der Waals surface area contributed by atoms with Crippen LogP contribution in [0.5, 0.6) is 5.88 Å². The minimum Gasteiger partial charge on any atom is -0.478 e. The van der Waals surface area contributed by atoms with E-state index in [0.29, 0.717) is 25.0 Å². The molecule has 1 aliphatic rings. The normalized spacial score (nSPS) is 16.9. The molecule has 1 fully saturated rings. The summed E-state index contributed by atoms with van der Waals surface area (Å²) in [4.78, 5) is 27.9. The third-order valence-corrected chi connectivity index (χ3v) is 4.44. The first-order chi connectivity index (χ1) is 11.9. The number of nitrogens with zero attached hydrogens (tertiary/aromatic N) is 5. The van der Waals surface area contributed by atoms with Crippen molar-refractivity contribution in [1.29, 1.82) is 0 Å². The van der Waals surface area contributed by atoms with Gasteiger partial charge in [-0.25, -0.2) is 4.98 Å². The van der Waals surface area contributed by atoms with Gasteiger partial charge in [0.1, 0.15) is 0 Å². The van der Waals surface area contributed by atoms with E-state index >= 15 is 0 Å². The molecular formula is C18H31N5O2. The molecule has 0 bridgehead atoms. The minimum atomic E-state index is -0.0796. The Balaban J connectivity index is 2.04. The summed E-state index contributed by atoms with van der Waals surface area (Å²) >= 11 is 0. The van der Waals surface area contributed by atoms with Crippen molar-refractivity contribution in [2.75, 3.05) is 51.8 Å². The van der Waals surface area contributed by atoms with Crippen molar-refractivity contribution in [2.24, 2.45) is 5.92 Å².